The highest BCUT2D eigenvalue weighted by atomic mass is 16.5. The van der Waals surface area contributed by atoms with E-state index < -0.39 is 0 Å². The maximum absolute atomic E-state index is 11.7. The van der Waals surface area contributed by atoms with E-state index in [0.29, 0.717) is 12.0 Å². The Labute approximate surface area is 101 Å². The van der Waals surface area contributed by atoms with Crippen molar-refractivity contribution in [3.63, 3.8) is 0 Å². The minimum atomic E-state index is -0.370. The van der Waals surface area contributed by atoms with Crippen molar-refractivity contribution in [3.8, 4) is 0 Å². The van der Waals surface area contributed by atoms with Crippen molar-refractivity contribution in [2.24, 2.45) is 11.7 Å². The van der Waals surface area contributed by atoms with E-state index in [1.807, 2.05) is 4.90 Å². The highest BCUT2D eigenvalue weighted by molar-refractivity contribution is 5.79. The lowest BCUT2D eigenvalue weighted by Crippen LogP contribution is -2.46. The average molecular weight is 240 g/mol. The SMILES string of the molecule is COC(=O)[C@@H]1C[C@@H]2CCCC[C@H]2N1CC(N)=O. The summed E-state index contributed by atoms with van der Waals surface area (Å²) in [6, 6.07) is 0.0564. The molecule has 2 N–H and O–H groups in total. The number of hydrogen-bond donors (Lipinski definition) is 1. The van der Waals surface area contributed by atoms with Gasteiger partial charge in [0, 0.05) is 6.04 Å². The number of likely N-dealkylation sites (tertiary alicyclic amines) is 1. The molecular weight excluding hydrogens is 220 g/mol. The molecule has 1 amide bonds. The van der Waals surface area contributed by atoms with Gasteiger partial charge < -0.3 is 10.5 Å². The molecule has 0 aromatic heterocycles. The minimum absolute atomic E-state index is 0.168. The number of hydrogen-bond acceptors (Lipinski definition) is 4. The molecule has 96 valence electrons. The molecular formula is C12H20N2O3. The number of carbonyl (C=O) groups excluding carboxylic acids is 2. The van der Waals surface area contributed by atoms with Gasteiger partial charge in [-0.3, -0.25) is 14.5 Å². The summed E-state index contributed by atoms with van der Waals surface area (Å²) in [4.78, 5) is 24.8. The van der Waals surface area contributed by atoms with Crippen LogP contribution in [0.5, 0.6) is 0 Å². The van der Waals surface area contributed by atoms with Crippen LogP contribution in [0.2, 0.25) is 0 Å². The summed E-state index contributed by atoms with van der Waals surface area (Å²) >= 11 is 0. The fourth-order valence-corrected chi connectivity index (χ4v) is 3.33. The van der Waals surface area contributed by atoms with Crippen molar-refractivity contribution in [1.82, 2.24) is 4.90 Å². The molecule has 0 aromatic rings. The van der Waals surface area contributed by atoms with Crippen molar-refractivity contribution < 1.29 is 14.3 Å². The minimum Gasteiger partial charge on any atom is -0.468 e. The van der Waals surface area contributed by atoms with Gasteiger partial charge in [-0.05, 0) is 25.2 Å². The van der Waals surface area contributed by atoms with Gasteiger partial charge in [0.15, 0.2) is 0 Å². The summed E-state index contributed by atoms with van der Waals surface area (Å²) in [7, 11) is 1.40. The molecule has 1 saturated carbocycles. The van der Waals surface area contributed by atoms with Crippen LogP contribution in [0.25, 0.3) is 0 Å². The molecule has 1 heterocycles. The molecule has 3 atom stereocenters. The second kappa shape index (κ2) is 5.04. The molecule has 0 radical (unpaired) electrons. The smallest absolute Gasteiger partial charge is 0.323 e. The van der Waals surface area contributed by atoms with Crippen LogP contribution in [-0.4, -0.2) is 42.5 Å². The predicted octanol–water partition coefficient (Wildman–Crippen LogP) is 0.278. The number of primary amides is 1. The van der Waals surface area contributed by atoms with E-state index in [0.717, 1.165) is 19.3 Å². The van der Waals surface area contributed by atoms with Crippen molar-refractivity contribution in [1.29, 1.82) is 0 Å². The summed E-state index contributed by atoms with van der Waals surface area (Å²) in [5.74, 6) is -0.0852. The Morgan fingerprint density at radius 1 is 1.35 bits per heavy atom. The molecule has 5 nitrogen and oxygen atoms in total. The van der Waals surface area contributed by atoms with Gasteiger partial charge in [-0.15, -0.1) is 0 Å². The van der Waals surface area contributed by atoms with Crippen molar-refractivity contribution >= 4 is 11.9 Å². The largest absolute Gasteiger partial charge is 0.468 e. The molecule has 2 aliphatic rings. The lowest BCUT2D eigenvalue weighted by Gasteiger charge is -2.32. The third-order valence-electron chi connectivity index (χ3n) is 4.03. The maximum Gasteiger partial charge on any atom is 0.323 e. The maximum atomic E-state index is 11.7. The molecule has 2 rings (SSSR count). The summed E-state index contributed by atoms with van der Waals surface area (Å²) in [5.41, 5.74) is 5.27. The molecule has 1 aliphatic heterocycles. The first-order chi connectivity index (χ1) is 8.13. The molecule has 0 aromatic carbocycles. The zero-order chi connectivity index (χ0) is 12.4. The van der Waals surface area contributed by atoms with Crippen LogP contribution in [-0.2, 0) is 14.3 Å². The van der Waals surface area contributed by atoms with Crippen LogP contribution in [0, 0.1) is 5.92 Å². The van der Waals surface area contributed by atoms with E-state index in [4.69, 9.17) is 10.5 Å². The zero-order valence-electron chi connectivity index (χ0n) is 10.2. The van der Waals surface area contributed by atoms with Crippen LogP contribution in [0.3, 0.4) is 0 Å². The number of nitrogens with zero attached hydrogens (tertiary/aromatic N) is 1. The molecule has 1 saturated heterocycles. The van der Waals surface area contributed by atoms with Gasteiger partial charge in [-0.2, -0.15) is 0 Å². The average Bonchev–Trinajstić information content (AvgIpc) is 2.67. The van der Waals surface area contributed by atoms with E-state index >= 15 is 0 Å². The van der Waals surface area contributed by atoms with Gasteiger partial charge in [-0.25, -0.2) is 0 Å². The Bertz CT molecular complexity index is 319. The lowest BCUT2D eigenvalue weighted by atomic mass is 9.85. The Kier molecular flexibility index (Phi) is 3.66. The summed E-state index contributed by atoms with van der Waals surface area (Å²) < 4.78 is 4.82. The quantitative estimate of drug-likeness (QED) is 0.719. The summed E-state index contributed by atoms with van der Waals surface area (Å²) in [6.45, 7) is 0.168. The molecule has 0 unspecified atom stereocenters. The molecule has 0 spiro atoms. The molecule has 5 heteroatoms. The number of esters is 1. The van der Waals surface area contributed by atoms with Crippen LogP contribution in [0.1, 0.15) is 32.1 Å². The van der Waals surface area contributed by atoms with E-state index in [1.54, 1.807) is 0 Å². The normalized spacial score (nSPS) is 33.1. The molecule has 1 aliphatic carbocycles. The fraction of sp³-hybridized carbons (Fsp3) is 0.833. The number of carbonyl (C=O) groups is 2. The topological polar surface area (TPSA) is 72.6 Å². The summed E-state index contributed by atoms with van der Waals surface area (Å²) in [5, 5.41) is 0. The Morgan fingerprint density at radius 2 is 2.06 bits per heavy atom. The van der Waals surface area contributed by atoms with E-state index in [2.05, 4.69) is 0 Å². The second-order valence-electron chi connectivity index (χ2n) is 5.03. The Balaban J connectivity index is 2.14. The van der Waals surface area contributed by atoms with Gasteiger partial charge in [0.25, 0.3) is 0 Å². The van der Waals surface area contributed by atoms with Gasteiger partial charge in [-0.1, -0.05) is 12.8 Å². The molecule has 2 fully saturated rings. The van der Waals surface area contributed by atoms with E-state index in [9.17, 15) is 9.59 Å². The van der Waals surface area contributed by atoms with Crippen molar-refractivity contribution in [2.75, 3.05) is 13.7 Å². The fourth-order valence-electron chi connectivity index (χ4n) is 3.33. The van der Waals surface area contributed by atoms with Crippen LogP contribution in [0.4, 0.5) is 0 Å². The van der Waals surface area contributed by atoms with Gasteiger partial charge in [0.1, 0.15) is 6.04 Å². The van der Waals surface area contributed by atoms with E-state index in [1.165, 1.54) is 20.0 Å². The third-order valence-corrected chi connectivity index (χ3v) is 4.03. The molecule has 17 heavy (non-hydrogen) atoms. The number of methoxy groups -OCH3 is 1. The number of fused-ring (bicyclic) bond motifs is 1. The predicted molar refractivity (Wildman–Crippen MR) is 62.1 cm³/mol. The first kappa shape index (κ1) is 12.4. The van der Waals surface area contributed by atoms with Crippen LogP contribution < -0.4 is 5.73 Å². The van der Waals surface area contributed by atoms with Crippen LogP contribution in [0.15, 0.2) is 0 Å². The van der Waals surface area contributed by atoms with Gasteiger partial charge in [0.2, 0.25) is 5.91 Å². The lowest BCUT2D eigenvalue weighted by molar-refractivity contribution is -0.146. The zero-order valence-corrected chi connectivity index (χ0v) is 10.2. The molecule has 0 bridgehead atoms. The first-order valence-corrected chi connectivity index (χ1v) is 6.25. The third kappa shape index (κ3) is 2.44. The first-order valence-electron chi connectivity index (χ1n) is 6.25. The van der Waals surface area contributed by atoms with Crippen molar-refractivity contribution in [2.45, 2.75) is 44.2 Å². The highest BCUT2D eigenvalue weighted by Gasteiger charge is 2.45. The number of nitrogens with two attached hydrogens (primary N) is 1. The van der Waals surface area contributed by atoms with Gasteiger partial charge in [0.05, 0.1) is 13.7 Å². The van der Waals surface area contributed by atoms with E-state index in [-0.39, 0.29) is 24.5 Å². The second-order valence-corrected chi connectivity index (χ2v) is 5.03. The van der Waals surface area contributed by atoms with Crippen LogP contribution >= 0.6 is 0 Å². The monoisotopic (exact) mass is 240 g/mol. The Morgan fingerprint density at radius 3 is 2.71 bits per heavy atom. The summed E-state index contributed by atoms with van der Waals surface area (Å²) in [6.07, 6.45) is 5.41. The number of amides is 1. The number of rotatable bonds is 3. The van der Waals surface area contributed by atoms with Gasteiger partial charge >= 0.3 is 5.97 Å². The Hall–Kier alpha value is -1.10. The standard InChI is InChI=1S/C12H20N2O3/c1-17-12(16)10-6-8-4-2-3-5-9(8)14(10)7-11(13)15/h8-10H,2-7H2,1H3,(H2,13,15)/t8-,9+,10-/m0/s1. The highest BCUT2D eigenvalue weighted by Crippen LogP contribution is 2.39. The number of ether oxygens (including phenoxy) is 1. The van der Waals surface area contributed by atoms with Crippen molar-refractivity contribution in [3.05, 3.63) is 0 Å².